The van der Waals surface area contributed by atoms with Crippen LogP contribution in [0.4, 0.5) is 0 Å². The van der Waals surface area contributed by atoms with Gasteiger partial charge in [0.1, 0.15) is 0 Å². The minimum Gasteiger partial charge on any atom is -0.481 e. The number of carbonyl (C=O) groups excluding carboxylic acids is 1. The first kappa shape index (κ1) is 13.8. The smallest absolute Gasteiger partial charge is 0.307 e. The van der Waals surface area contributed by atoms with Crippen molar-refractivity contribution >= 4 is 11.9 Å². The predicted molar refractivity (Wildman–Crippen MR) is 72.4 cm³/mol. The van der Waals surface area contributed by atoms with Crippen LogP contribution in [0.25, 0.3) is 0 Å². The van der Waals surface area contributed by atoms with Crippen molar-refractivity contribution in [2.45, 2.75) is 19.3 Å². The van der Waals surface area contributed by atoms with Gasteiger partial charge in [0, 0.05) is 13.1 Å². The third-order valence-corrected chi connectivity index (χ3v) is 4.50. The average molecular weight is 263 g/mol. The Balaban J connectivity index is 2.18. The highest BCUT2D eigenvalue weighted by Gasteiger charge is 2.54. The van der Waals surface area contributed by atoms with Crippen molar-refractivity contribution in [3.8, 4) is 0 Å². The zero-order valence-corrected chi connectivity index (χ0v) is 11.1. The second-order valence-corrected chi connectivity index (χ2v) is 5.54. The van der Waals surface area contributed by atoms with E-state index < -0.39 is 11.9 Å². The molecule has 0 heterocycles. The van der Waals surface area contributed by atoms with E-state index in [-0.39, 0.29) is 23.7 Å². The quantitative estimate of drug-likeness (QED) is 0.745. The number of carbonyl (C=O) groups is 2. The third-order valence-electron chi connectivity index (χ3n) is 4.50. The Kier molecular flexibility index (Phi) is 4.08. The van der Waals surface area contributed by atoms with E-state index in [0.717, 1.165) is 19.3 Å². The van der Waals surface area contributed by atoms with Crippen LogP contribution in [-0.2, 0) is 9.59 Å². The summed E-state index contributed by atoms with van der Waals surface area (Å²) in [6, 6.07) is 0. The standard InChI is InChI=1S/C15H21NO3/c1-3-7-16(8-4-2)14(17)12-10-5-6-11(9-10)13(12)15(18)19/h3-4,10-13H,1-2,5-9H2,(H,18,19)/t10-,11-,12+,13-/m0/s1. The van der Waals surface area contributed by atoms with Gasteiger partial charge in [-0.2, -0.15) is 0 Å². The van der Waals surface area contributed by atoms with Crippen molar-refractivity contribution in [3.63, 3.8) is 0 Å². The minimum atomic E-state index is -0.817. The van der Waals surface area contributed by atoms with Crippen LogP contribution in [0.5, 0.6) is 0 Å². The van der Waals surface area contributed by atoms with Crippen LogP contribution in [0.2, 0.25) is 0 Å². The molecule has 0 aromatic rings. The van der Waals surface area contributed by atoms with Gasteiger partial charge < -0.3 is 10.0 Å². The second kappa shape index (κ2) is 5.59. The van der Waals surface area contributed by atoms with E-state index in [2.05, 4.69) is 13.2 Å². The Morgan fingerprint density at radius 3 is 2.11 bits per heavy atom. The van der Waals surface area contributed by atoms with Gasteiger partial charge in [-0.05, 0) is 31.1 Å². The van der Waals surface area contributed by atoms with Gasteiger partial charge in [0.15, 0.2) is 0 Å². The molecular formula is C15H21NO3. The third kappa shape index (κ3) is 2.44. The van der Waals surface area contributed by atoms with Crippen LogP contribution in [0.1, 0.15) is 19.3 Å². The molecule has 1 N–H and O–H groups in total. The van der Waals surface area contributed by atoms with E-state index >= 15 is 0 Å². The highest BCUT2D eigenvalue weighted by Crippen LogP contribution is 2.52. The maximum Gasteiger partial charge on any atom is 0.307 e. The van der Waals surface area contributed by atoms with Crippen molar-refractivity contribution < 1.29 is 14.7 Å². The molecule has 4 nitrogen and oxygen atoms in total. The molecule has 0 aliphatic heterocycles. The molecule has 2 rings (SSSR count). The van der Waals surface area contributed by atoms with E-state index in [9.17, 15) is 14.7 Å². The molecule has 1 amide bonds. The van der Waals surface area contributed by atoms with Crippen molar-refractivity contribution in [3.05, 3.63) is 25.3 Å². The summed E-state index contributed by atoms with van der Waals surface area (Å²) in [7, 11) is 0. The molecule has 0 spiro atoms. The molecule has 2 aliphatic rings. The average Bonchev–Trinajstić information content (AvgIpc) is 2.97. The highest BCUT2D eigenvalue weighted by molar-refractivity contribution is 5.86. The summed E-state index contributed by atoms with van der Waals surface area (Å²) in [5.41, 5.74) is 0. The summed E-state index contributed by atoms with van der Waals surface area (Å²) in [5.74, 6) is -1.27. The molecule has 19 heavy (non-hydrogen) atoms. The summed E-state index contributed by atoms with van der Waals surface area (Å²) < 4.78 is 0. The van der Waals surface area contributed by atoms with Crippen LogP contribution < -0.4 is 0 Å². The number of carboxylic acids is 1. The molecule has 4 atom stereocenters. The molecule has 0 saturated heterocycles. The van der Waals surface area contributed by atoms with E-state index in [1.165, 1.54) is 0 Å². The van der Waals surface area contributed by atoms with Crippen molar-refractivity contribution in [2.24, 2.45) is 23.7 Å². The molecule has 104 valence electrons. The molecule has 0 radical (unpaired) electrons. The number of carboxylic acid groups (broad SMARTS) is 1. The van der Waals surface area contributed by atoms with Crippen LogP contribution in [-0.4, -0.2) is 35.0 Å². The zero-order valence-electron chi connectivity index (χ0n) is 11.1. The number of aliphatic carboxylic acids is 1. The van der Waals surface area contributed by atoms with Gasteiger partial charge in [-0.1, -0.05) is 12.2 Å². The lowest BCUT2D eigenvalue weighted by atomic mass is 9.78. The van der Waals surface area contributed by atoms with Gasteiger partial charge in [0.25, 0.3) is 0 Å². The number of amides is 1. The van der Waals surface area contributed by atoms with Gasteiger partial charge in [-0.15, -0.1) is 13.2 Å². The number of hydrogen-bond acceptors (Lipinski definition) is 2. The van der Waals surface area contributed by atoms with E-state index in [0.29, 0.717) is 13.1 Å². The molecule has 2 bridgehead atoms. The highest BCUT2D eigenvalue weighted by atomic mass is 16.4. The molecule has 2 saturated carbocycles. The van der Waals surface area contributed by atoms with Crippen LogP contribution >= 0.6 is 0 Å². The zero-order chi connectivity index (χ0) is 14.0. The van der Waals surface area contributed by atoms with Gasteiger partial charge >= 0.3 is 5.97 Å². The van der Waals surface area contributed by atoms with Crippen LogP contribution in [0.15, 0.2) is 25.3 Å². The SMILES string of the molecule is C=CCN(CC=C)C(=O)[C@@H]1[C@H]2CC[C@@H](C2)[C@@H]1C(=O)O. The molecule has 2 aliphatic carbocycles. The van der Waals surface area contributed by atoms with E-state index in [1.54, 1.807) is 17.1 Å². The first-order valence-corrected chi connectivity index (χ1v) is 6.83. The van der Waals surface area contributed by atoms with Crippen molar-refractivity contribution in [1.29, 1.82) is 0 Å². The monoisotopic (exact) mass is 263 g/mol. The molecule has 0 aromatic heterocycles. The Morgan fingerprint density at radius 1 is 1.11 bits per heavy atom. The number of fused-ring (bicyclic) bond motifs is 2. The Morgan fingerprint density at radius 2 is 1.63 bits per heavy atom. The molecule has 2 fully saturated rings. The lowest BCUT2D eigenvalue weighted by Gasteiger charge is -2.31. The van der Waals surface area contributed by atoms with Crippen LogP contribution in [0.3, 0.4) is 0 Å². The Hall–Kier alpha value is -1.58. The maximum absolute atomic E-state index is 12.6. The van der Waals surface area contributed by atoms with Crippen LogP contribution in [0, 0.1) is 23.7 Å². The largest absolute Gasteiger partial charge is 0.481 e. The predicted octanol–water partition coefficient (Wildman–Crippen LogP) is 1.93. The fourth-order valence-corrected chi connectivity index (χ4v) is 3.78. The Bertz CT molecular complexity index is 394. The molecule has 0 aromatic carbocycles. The van der Waals surface area contributed by atoms with Gasteiger partial charge in [0.05, 0.1) is 11.8 Å². The number of nitrogens with zero attached hydrogens (tertiary/aromatic N) is 1. The summed E-state index contributed by atoms with van der Waals surface area (Å²) in [6.07, 6.45) is 6.17. The second-order valence-electron chi connectivity index (χ2n) is 5.54. The number of hydrogen-bond donors (Lipinski definition) is 1. The van der Waals surface area contributed by atoms with Crippen molar-refractivity contribution in [1.82, 2.24) is 4.90 Å². The fraction of sp³-hybridized carbons (Fsp3) is 0.600. The number of rotatable bonds is 6. The first-order valence-electron chi connectivity index (χ1n) is 6.83. The maximum atomic E-state index is 12.6. The van der Waals surface area contributed by atoms with Gasteiger partial charge in [-0.25, -0.2) is 0 Å². The first-order chi connectivity index (χ1) is 9.10. The minimum absolute atomic E-state index is 0.0422. The van der Waals surface area contributed by atoms with Gasteiger partial charge in [-0.3, -0.25) is 9.59 Å². The normalized spacial score (nSPS) is 32.0. The van der Waals surface area contributed by atoms with Gasteiger partial charge in [0.2, 0.25) is 5.91 Å². The summed E-state index contributed by atoms with van der Waals surface area (Å²) >= 11 is 0. The summed E-state index contributed by atoms with van der Waals surface area (Å²) in [6.45, 7) is 8.20. The lowest BCUT2D eigenvalue weighted by molar-refractivity contribution is -0.152. The van der Waals surface area contributed by atoms with E-state index in [4.69, 9.17) is 0 Å². The Labute approximate surface area is 113 Å². The molecule has 0 unspecified atom stereocenters. The molecule has 4 heteroatoms. The lowest BCUT2D eigenvalue weighted by Crippen LogP contribution is -2.43. The fourth-order valence-electron chi connectivity index (χ4n) is 3.78. The summed E-state index contributed by atoms with van der Waals surface area (Å²) in [5, 5.41) is 9.39. The van der Waals surface area contributed by atoms with E-state index in [1.807, 2.05) is 0 Å². The molecular weight excluding hydrogens is 242 g/mol. The topological polar surface area (TPSA) is 57.6 Å². The summed E-state index contributed by atoms with van der Waals surface area (Å²) in [4.78, 5) is 25.7. The van der Waals surface area contributed by atoms with Crippen molar-refractivity contribution in [2.75, 3.05) is 13.1 Å².